The van der Waals surface area contributed by atoms with Gasteiger partial charge < -0.3 is 10.1 Å². The van der Waals surface area contributed by atoms with Gasteiger partial charge in [-0.1, -0.05) is 19.1 Å². The number of nitrogens with one attached hydrogen (secondary N) is 1. The second kappa shape index (κ2) is 5.90. The summed E-state index contributed by atoms with van der Waals surface area (Å²) in [6.07, 6.45) is 0.340. The molecule has 1 aliphatic heterocycles. The van der Waals surface area contributed by atoms with E-state index in [4.69, 9.17) is 4.74 Å². The quantitative estimate of drug-likeness (QED) is 0.907. The minimum Gasteiger partial charge on any atom is -0.375 e. The van der Waals surface area contributed by atoms with Gasteiger partial charge in [-0.3, -0.25) is 0 Å². The summed E-state index contributed by atoms with van der Waals surface area (Å²) in [7, 11) is 1.88. The Hall–Kier alpha value is -0.450. The number of hydrogen-bond donors (Lipinski definition) is 1. The van der Waals surface area contributed by atoms with Gasteiger partial charge in [0.05, 0.1) is 16.7 Å². The SMILES string of the molecule is CNC(c1cccc(Br)c1F)C1C(C)OC(C)C1C. The van der Waals surface area contributed by atoms with Crippen LogP contribution in [0.15, 0.2) is 22.7 Å². The molecule has 0 amide bonds. The molecule has 1 N–H and O–H groups in total. The molecule has 0 aliphatic carbocycles. The van der Waals surface area contributed by atoms with Crippen LogP contribution in [0.4, 0.5) is 4.39 Å². The molecule has 2 nitrogen and oxygen atoms in total. The molecular weight excluding hydrogens is 309 g/mol. The lowest BCUT2D eigenvalue weighted by Gasteiger charge is -2.29. The molecular formula is C15H21BrFNO. The van der Waals surface area contributed by atoms with Gasteiger partial charge in [0.15, 0.2) is 0 Å². The van der Waals surface area contributed by atoms with Crippen LogP contribution in [0.1, 0.15) is 32.4 Å². The van der Waals surface area contributed by atoms with E-state index < -0.39 is 0 Å². The summed E-state index contributed by atoms with van der Waals surface area (Å²) in [5, 5.41) is 3.27. The fourth-order valence-corrected chi connectivity index (χ4v) is 3.57. The third-order valence-corrected chi connectivity index (χ3v) is 4.94. The molecule has 1 fully saturated rings. The Kier molecular flexibility index (Phi) is 4.64. The molecule has 0 saturated carbocycles. The van der Waals surface area contributed by atoms with Crippen molar-refractivity contribution in [2.45, 2.75) is 39.0 Å². The first-order chi connectivity index (χ1) is 8.97. The van der Waals surface area contributed by atoms with Crippen molar-refractivity contribution in [3.8, 4) is 0 Å². The molecule has 4 heteroatoms. The summed E-state index contributed by atoms with van der Waals surface area (Å²) in [6.45, 7) is 6.34. The predicted molar refractivity (Wildman–Crippen MR) is 78.6 cm³/mol. The topological polar surface area (TPSA) is 21.3 Å². The zero-order valence-corrected chi connectivity index (χ0v) is 13.4. The van der Waals surface area contributed by atoms with Crippen LogP contribution in [0.25, 0.3) is 0 Å². The number of halogens is 2. The van der Waals surface area contributed by atoms with Crippen molar-refractivity contribution in [3.63, 3.8) is 0 Å². The molecule has 106 valence electrons. The minimum atomic E-state index is -0.180. The van der Waals surface area contributed by atoms with E-state index in [-0.39, 0.29) is 30.0 Å². The van der Waals surface area contributed by atoms with Crippen LogP contribution in [0.2, 0.25) is 0 Å². The summed E-state index contributed by atoms with van der Waals surface area (Å²) in [4.78, 5) is 0. The molecule has 1 aromatic rings. The first-order valence-corrected chi connectivity index (χ1v) is 7.53. The number of rotatable bonds is 3. The Morgan fingerprint density at radius 2 is 1.95 bits per heavy atom. The third-order valence-electron chi connectivity index (χ3n) is 4.33. The zero-order chi connectivity index (χ0) is 14.2. The molecule has 1 saturated heterocycles. The number of ether oxygens (including phenoxy) is 1. The number of hydrogen-bond acceptors (Lipinski definition) is 2. The van der Waals surface area contributed by atoms with Crippen LogP contribution in [0, 0.1) is 17.7 Å². The Balaban J connectivity index is 2.37. The molecule has 0 radical (unpaired) electrons. The third kappa shape index (κ3) is 2.71. The Morgan fingerprint density at radius 1 is 1.26 bits per heavy atom. The van der Waals surface area contributed by atoms with Gasteiger partial charge in [0.2, 0.25) is 0 Å². The first kappa shape index (κ1) is 14.9. The van der Waals surface area contributed by atoms with Crippen molar-refractivity contribution in [2.75, 3.05) is 7.05 Å². The highest BCUT2D eigenvalue weighted by Crippen LogP contribution is 2.41. The lowest BCUT2D eigenvalue weighted by molar-refractivity contribution is 0.0477. The highest BCUT2D eigenvalue weighted by atomic mass is 79.9. The highest BCUT2D eigenvalue weighted by molar-refractivity contribution is 9.10. The van der Waals surface area contributed by atoms with E-state index in [9.17, 15) is 4.39 Å². The fourth-order valence-electron chi connectivity index (χ4n) is 3.18. The van der Waals surface area contributed by atoms with Gasteiger partial charge in [0.1, 0.15) is 5.82 Å². The minimum absolute atomic E-state index is 0.0348. The van der Waals surface area contributed by atoms with Crippen molar-refractivity contribution in [3.05, 3.63) is 34.1 Å². The van der Waals surface area contributed by atoms with Crippen molar-refractivity contribution >= 4 is 15.9 Å². The zero-order valence-electron chi connectivity index (χ0n) is 11.8. The van der Waals surface area contributed by atoms with Gasteiger partial charge in [0.25, 0.3) is 0 Å². The fraction of sp³-hybridized carbons (Fsp3) is 0.600. The molecule has 0 aromatic heterocycles. The second-order valence-corrected chi connectivity index (χ2v) is 6.25. The van der Waals surface area contributed by atoms with Crippen molar-refractivity contribution in [1.29, 1.82) is 0 Å². The summed E-state index contributed by atoms with van der Waals surface area (Å²) < 4.78 is 20.7. The maximum Gasteiger partial charge on any atom is 0.142 e. The summed E-state index contributed by atoms with van der Waals surface area (Å²) in [6, 6.07) is 5.42. The normalized spacial score (nSPS) is 32.5. The Bertz CT molecular complexity index is 454. The molecule has 0 bridgehead atoms. The van der Waals surface area contributed by atoms with Gasteiger partial charge >= 0.3 is 0 Å². The van der Waals surface area contributed by atoms with Crippen LogP contribution in [-0.2, 0) is 4.74 Å². The van der Waals surface area contributed by atoms with Crippen LogP contribution < -0.4 is 5.32 Å². The Morgan fingerprint density at radius 3 is 2.47 bits per heavy atom. The van der Waals surface area contributed by atoms with Crippen LogP contribution in [0.5, 0.6) is 0 Å². The molecule has 2 rings (SSSR count). The van der Waals surface area contributed by atoms with E-state index in [1.807, 2.05) is 19.2 Å². The molecule has 19 heavy (non-hydrogen) atoms. The molecule has 5 atom stereocenters. The molecule has 5 unspecified atom stereocenters. The largest absolute Gasteiger partial charge is 0.375 e. The second-order valence-electron chi connectivity index (χ2n) is 5.39. The van der Waals surface area contributed by atoms with E-state index >= 15 is 0 Å². The van der Waals surface area contributed by atoms with Gasteiger partial charge in [0, 0.05) is 17.5 Å². The van der Waals surface area contributed by atoms with E-state index in [2.05, 4.69) is 42.0 Å². The van der Waals surface area contributed by atoms with Gasteiger partial charge in [-0.05, 0) is 48.8 Å². The number of benzene rings is 1. The van der Waals surface area contributed by atoms with Crippen molar-refractivity contribution < 1.29 is 9.13 Å². The smallest absolute Gasteiger partial charge is 0.142 e. The average molecular weight is 330 g/mol. The molecule has 1 heterocycles. The standard InChI is InChI=1S/C15H21BrFNO/c1-8-9(2)19-10(3)13(8)15(18-4)11-6-5-7-12(16)14(11)17/h5-10,13,15,18H,1-4H3. The van der Waals surface area contributed by atoms with Crippen LogP contribution in [0.3, 0.4) is 0 Å². The van der Waals surface area contributed by atoms with Crippen LogP contribution >= 0.6 is 15.9 Å². The molecule has 1 aliphatic rings. The monoisotopic (exact) mass is 329 g/mol. The van der Waals surface area contributed by atoms with Crippen molar-refractivity contribution in [1.82, 2.24) is 5.32 Å². The maximum absolute atomic E-state index is 14.3. The van der Waals surface area contributed by atoms with Crippen molar-refractivity contribution in [2.24, 2.45) is 11.8 Å². The average Bonchev–Trinajstić information content (AvgIpc) is 2.62. The summed E-state index contributed by atoms with van der Waals surface area (Å²) in [5.41, 5.74) is 0.707. The van der Waals surface area contributed by atoms with Gasteiger partial charge in [-0.25, -0.2) is 4.39 Å². The predicted octanol–water partition coefficient (Wildman–Crippen LogP) is 3.91. The van der Waals surface area contributed by atoms with E-state index in [1.54, 1.807) is 6.07 Å². The summed E-state index contributed by atoms with van der Waals surface area (Å²) >= 11 is 3.26. The van der Waals surface area contributed by atoms with Gasteiger partial charge in [-0.15, -0.1) is 0 Å². The van der Waals surface area contributed by atoms with Crippen LogP contribution in [-0.4, -0.2) is 19.3 Å². The Labute approximate surface area is 122 Å². The molecule has 1 aromatic carbocycles. The first-order valence-electron chi connectivity index (χ1n) is 6.74. The van der Waals surface area contributed by atoms with E-state index in [1.165, 1.54) is 0 Å². The maximum atomic E-state index is 14.3. The molecule has 0 spiro atoms. The highest BCUT2D eigenvalue weighted by Gasteiger charge is 2.42. The van der Waals surface area contributed by atoms with E-state index in [0.29, 0.717) is 16.0 Å². The summed E-state index contributed by atoms with van der Waals surface area (Å²) in [5.74, 6) is 0.482. The van der Waals surface area contributed by atoms with Gasteiger partial charge in [-0.2, -0.15) is 0 Å². The lowest BCUT2D eigenvalue weighted by atomic mass is 9.80. The lowest BCUT2D eigenvalue weighted by Crippen LogP contribution is -2.33. The van der Waals surface area contributed by atoms with E-state index in [0.717, 1.165) is 0 Å².